The average molecular weight is 560 g/mol. The van der Waals surface area contributed by atoms with Crippen LogP contribution >= 0.6 is 0 Å². The second-order valence-corrected chi connectivity index (χ2v) is 9.17. The molecule has 0 saturated carbocycles. The predicted octanol–water partition coefficient (Wildman–Crippen LogP) is 5.34. The lowest BCUT2D eigenvalue weighted by Crippen LogP contribution is -2.31. The van der Waals surface area contributed by atoms with Crippen LogP contribution in [0.25, 0.3) is 0 Å². The van der Waals surface area contributed by atoms with Gasteiger partial charge in [0, 0.05) is 11.8 Å². The molecule has 0 aliphatic carbocycles. The van der Waals surface area contributed by atoms with Gasteiger partial charge in [0.05, 0.1) is 32.1 Å². The number of nitrogens with zero attached hydrogens (tertiary/aromatic N) is 3. The Kier molecular flexibility index (Phi) is 8.04. The van der Waals surface area contributed by atoms with E-state index in [4.69, 9.17) is 18.9 Å². The Morgan fingerprint density at radius 1 is 1.00 bits per heavy atom. The molecular weight excluding hydrogens is 529 g/mol. The first-order valence-corrected chi connectivity index (χ1v) is 13.0. The number of carbonyl (C=O) groups is 1. The lowest BCUT2D eigenvalue weighted by molar-refractivity contribution is -0.113. The minimum Gasteiger partial charge on any atom is -0.497 e. The van der Waals surface area contributed by atoms with Gasteiger partial charge in [-0.05, 0) is 61.4 Å². The first-order chi connectivity index (χ1) is 19.9. The summed E-state index contributed by atoms with van der Waals surface area (Å²) >= 11 is 0. The minimum absolute atomic E-state index is 0.233. The van der Waals surface area contributed by atoms with Crippen molar-refractivity contribution < 1.29 is 28.1 Å². The Labute approximate surface area is 236 Å². The van der Waals surface area contributed by atoms with Crippen molar-refractivity contribution in [2.24, 2.45) is 0 Å². The highest BCUT2D eigenvalue weighted by Gasteiger charge is 2.34. The summed E-state index contributed by atoms with van der Waals surface area (Å²) in [7, 11) is 3.08. The molecule has 212 valence electrons. The molecule has 1 aliphatic rings. The number of hydrogen-bond acceptors (Lipinski definition) is 8. The van der Waals surface area contributed by atoms with Gasteiger partial charge in [0.2, 0.25) is 5.95 Å². The molecular formula is C30H30FN5O5. The molecule has 10 nitrogen and oxygen atoms in total. The van der Waals surface area contributed by atoms with E-state index in [1.807, 2.05) is 26.0 Å². The highest BCUT2D eigenvalue weighted by Crippen LogP contribution is 2.40. The smallest absolute Gasteiger partial charge is 0.255 e. The second kappa shape index (κ2) is 12.0. The van der Waals surface area contributed by atoms with E-state index < -0.39 is 6.04 Å². The molecule has 0 saturated heterocycles. The Morgan fingerprint density at radius 3 is 2.54 bits per heavy atom. The normalized spacial score (nSPS) is 14.1. The fourth-order valence-corrected chi connectivity index (χ4v) is 4.61. The van der Waals surface area contributed by atoms with Crippen molar-refractivity contribution in [3.63, 3.8) is 0 Å². The minimum atomic E-state index is -0.622. The molecule has 11 heteroatoms. The average Bonchev–Trinajstić information content (AvgIpc) is 3.45. The van der Waals surface area contributed by atoms with Crippen molar-refractivity contribution in [1.29, 1.82) is 0 Å². The third-order valence-corrected chi connectivity index (χ3v) is 6.59. The fourth-order valence-electron chi connectivity index (χ4n) is 4.61. The number of anilines is 2. The van der Waals surface area contributed by atoms with Gasteiger partial charge < -0.3 is 29.6 Å². The van der Waals surface area contributed by atoms with Crippen molar-refractivity contribution in [3.8, 4) is 23.0 Å². The van der Waals surface area contributed by atoms with E-state index in [0.717, 1.165) is 11.1 Å². The number of halogens is 1. The summed E-state index contributed by atoms with van der Waals surface area (Å²) in [5, 5.41) is 10.5. The Hall–Kier alpha value is -5.06. The van der Waals surface area contributed by atoms with Crippen LogP contribution < -0.4 is 29.6 Å². The molecule has 1 aliphatic heterocycles. The molecule has 1 aromatic heterocycles. The van der Waals surface area contributed by atoms with Crippen LogP contribution in [-0.4, -0.2) is 41.5 Å². The van der Waals surface area contributed by atoms with E-state index in [9.17, 15) is 9.18 Å². The zero-order chi connectivity index (χ0) is 28.9. The van der Waals surface area contributed by atoms with Crippen molar-refractivity contribution in [3.05, 3.63) is 95.2 Å². The standard InChI is InChI=1S/C30H30FN5O5/c1-5-40-26-14-20(8-13-24(26)41-16-19-6-9-21(31)10-7-19)28-27(18(2)34-30-32-17-33-36(28)30)29(37)35-23-12-11-22(38-3)15-25(23)39-4/h6-15,17,28H,5,16H2,1-4H3,(H,35,37)(H,32,33,34)/t28-/m0/s1. The summed E-state index contributed by atoms with van der Waals surface area (Å²) in [4.78, 5) is 18.1. The topological polar surface area (TPSA) is 109 Å². The van der Waals surface area contributed by atoms with Crippen molar-refractivity contribution in [1.82, 2.24) is 14.8 Å². The summed E-state index contributed by atoms with van der Waals surface area (Å²) in [6, 6.07) is 16.1. The van der Waals surface area contributed by atoms with Crippen LogP contribution in [0.15, 0.2) is 78.3 Å². The van der Waals surface area contributed by atoms with Crippen molar-refractivity contribution >= 4 is 17.5 Å². The van der Waals surface area contributed by atoms with Crippen LogP contribution in [0.1, 0.15) is 31.0 Å². The van der Waals surface area contributed by atoms with Crippen LogP contribution in [0, 0.1) is 5.82 Å². The highest BCUT2D eigenvalue weighted by molar-refractivity contribution is 6.06. The SMILES string of the molecule is CCOc1cc([C@H]2C(C(=O)Nc3ccc(OC)cc3OC)=C(C)Nc3ncnn32)ccc1OCc1ccc(F)cc1. The van der Waals surface area contributed by atoms with Crippen molar-refractivity contribution in [2.75, 3.05) is 31.5 Å². The van der Waals surface area contributed by atoms with E-state index in [0.29, 0.717) is 52.5 Å². The van der Waals surface area contributed by atoms with Crippen LogP contribution in [0.4, 0.5) is 16.0 Å². The zero-order valence-electron chi connectivity index (χ0n) is 23.1. The number of ether oxygens (including phenoxy) is 4. The molecule has 0 fully saturated rings. The molecule has 4 aromatic rings. The molecule has 5 rings (SSSR count). The number of benzene rings is 3. The molecule has 2 N–H and O–H groups in total. The lowest BCUT2D eigenvalue weighted by Gasteiger charge is -2.29. The van der Waals surface area contributed by atoms with Gasteiger partial charge in [0.1, 0.15) is 36.3 Å². The molecule has 1 atom stereocenters. The number of hydrogen-bond donors (Lipinski definition) is 2. The molecule has 1 amide bonds. The number of fused-ring (bicyclic) bond motifs is 1. The Morgan fingerprint density at radius 2 is 1.80 bits per heavy atom. The number of methoxy groups -OCH3 is 2. The summed E-state index contributed by atoms with van der Waals surface area (Å²) in [5.41, 5.74) is 3.09. The maximum Gasteiger partial charge on any atom is 0.255 e. The second-order valence-electron chi connectivity index (χ2n) is 9.17. The van der Waals surface area contributed by atoms with Crippen LogP contribution in [0.5, 0.6) is 23.0 Å². The highest BCUT2D eigenvalue weighted by atomic mass is 19.1. The van der Waals surface area contributed by atoms with Gasteiger partial charge >= 0.3 is 0 Å². The number of carbonyl (C=O) groups excluding carboxylic acids is 1. The third kappa shape index (κ3) is 5.79. The fraction of sp³-hybridized carbons (Fsp3) is 0.233. The number of nitrogens with one attached hydrogen (secondary N) is 2. The van der Waals surface area contributed by atoms with Gasteiger partial charge in [-0.15, -0.1) is 0 Å². The molecule has 0 unspecified atom stereocenters. The third-order valence-electron chi connectivity index (χ3n) is 6.59. The van der Waals surface area contributed by atoms with Crippen LogP contribution in [0.3, 0.4) is 0 Å². The summed E-state index contributed by atoms with van der Waals surface area (Å²) in [5.74, 6) is 1.92. The van der Waals surface area contributed by atoms with E-state index in [1.54, 1.807) is 48.2 Å². The number of aromatic nitrogens is 3. The van der Waals surface area contributed by atoms with E-state index in [1.165, 1.54) is 25.6 Å². The van der Waals surface area contributed by atoms with Crippen molar-refractivity contribution in [2.45, 2.75) is 26.5 Å². The maximum atomic E-state index is 13.8. The van der Waals surface area contributed by atoms with Crippen LogP contribution in [-0.2, 0) is 11.4 Å². The number of rotatable bonds is 10. The van der Waals surface area contributed by atoms with E-state index in [2.05, 4.69) is 20.7 Å². The van der Waals surface area contributed by atoms with Gasteiger partial charge in [0.15, 0.2) is 11.5 Å². The molecule has 0 spiro atoms. The molecule has 3 aromatic carbocycles. The first-order valence-electron chi connectivity index (χ1n) is 13.0. The van der Waals surface area contributed by atoms with Gasteiger partial charge in [-0.2, -0.15) is 10.1 Å². The zero-order valence-corrected chi connectivity index (χ0v) is 23.1. The molecule has 0 radical (unpaired) electrons. The Bertz CT molecular complexity index is 1580. The molecule has 2 heterocycles. The summed E-state index contributed by atoms with van der Waals surface area (Å²) < 4.78 is 37.6. The van der Waals surface area contributed by atoms with E-state index >= 15 is 0 Å². The summed E-state index contributed by atoms with van der Waals surface area (Å²) in [6.07, 6.45) is 1.43. The van der Waals surface area contributed by atoms with Gasteiger partial charge in [-0.25, -0.2) is 9.07 Å². The first kappa shape index (κ1) is 27.5. The quantitative estimate of drug-likeness (QED) is 0.268. The van der Waals surface area contributed by atoms with Gasteiger partial charge in [-0.1, -0.05) is 18.2 Å². The largest absolute Gasteiger partial charge is 0.497 e. The monoisotopic (exact) mass is 559 g/mol. The molecule has 41 heavy (non-hydrogen) atoms. The summed E-state index contributed by atoms with van der Waals surface area (Å²) in [6.45, 7) is 4.32. The van der Waals surface area contributed by atoms with E-state index in [-0.39, 0.29) is 18.3 Å². The van der Waals surface area contributed by atoms with Crippen LogP contribution in [0.2, 0.25) is 0 Å². The number of amides is 1. The maximum absolute atomic E-state index is 13.8. The Balaban J connectivity index is 1.48. The van der Waals surface area contributed by atoms with Gasteiger partial charge in [-0.3, -0.25) is 4.79 Å². The molecule has 0 bridgehead atoms. The lowest BCUT2D eigenvalue weighted by atomic mass is 9.94. The predicted molar refractivity (Wildman–Crippen MR) is 151 cm³/mol. The number of allylic oxidation sites excluding steroid dienone is 1. The van der Waals surface area contributed by atoms with Gasteiger partial charge in [0.25, 0.3) is 5.91 Å².